The lowest BCUT2D eigenvalue weighted by Crippen LogP contribution is -2.17. The number of nitrogens with zero attached hydrogens (tertiary/aromatic N) is 2. The normalized spacial score (nSPS) is 10.5. The number of carbonyl (C=O) groups is 1. The Hall–Kier alpha value is -2.40. The van der Waals surface area contributed by atoms with Gasteiger partial charge in [-0.3, -0.25) is 4.79 Å². The number of rotatable bonds is 4. The Kier molecular flexibility index (Phi) is 4.57. The molecule has 0 saturated carbocycles. The van der Waals surface area contributed by atoms with Crippen molar-refractivity contribution >= 4 is 27.7 Å². The molecule has 1 aromatic carbocycles. The lowest BCUT2D eigenvalue weighted by molar-refractivity contribution is 0.101. The molecule has 0 saturated heterocycles. The Morgan fingerprint density at radius 3 is 2.61 bits per heavy atom. The first-order chi connectivity index (χ1) is 11.2. The molecule has 0 bridgehead atoms. The van der Waals surface area contributed by atoms with Crippen LogP contribution in [0, 0.1) is 0 Å². The van der Waals surface area contributed by atoms with Crippen molar-refractivity contribution in [1.29, 1.82) is 0 Å². The van der Waals surface area contributed by atoms with Crippen molar-refractivity contribution in [3.8, 4) is 11.1 Å². The molecule has 1 N–H and O–H groups in total. The van der Waals surface area contributed by atoms with Gasteiger partial charge >= 0.3 is 0 Å². The molecular weight excluding hydrogens is 354 g/mol. The van der Waals surface area contributed by atoms with E-state index < -0.39 is 0 Å². The first kappa shape index (κ1) is 15.5. The standard InChI is InChI=1S/C18H16BrN3O/c1-2-22-12-15(19)10-16(22)18(23)21-17-9-8-14(11-20-17)13-6-4-3-5-7-13/h3-12H,2H2,1H3,(H,20,21,23). The summed E-state index contributed by atoms with van der Waals surface area (Å²) in [6, 6.07) is 15.6. The number of aromatic nitrogens is 2. The van der Waals surface area contributed by atoms with Crippen LogP contribution in [0.2, 0.25) is 0 Å². The van der Waals surface area contributed by atoms with Crippen LogP contribution >= 0.6 is 15.9 Å². The highest BCUT2D eigenvalue weighted by Crippen LogP contribution is 2.20. The minimum absolute atomic E-state index is 0.169. The van der Waals surface area contributed by atoms with Crippen LogP contribution in [0.25, 0.3) is 11.1 Å². The maximum Gasteiger partial charge on any atom is 0.273 e. The second kappa shape index (κ2) is 6.79. The summed E-state index contributed by atoms with van der Waals surface area (Å²) >= 11 is 3.40. The molecule has 2 aromatic heterocycles. The van der Waals surface area contributed by atoms with Gasteiger partial charge in [0.1, 0.15) is 11.5 Å². The lowest BCUT2D eigenvalue weighted by Gasteiger charge is -2.08. The molecule has 116 valence electrons. The third kappa shape index (κ3) is 3.51. The highest BCUT2D eigenvalue weighted by atomic mass is 79.9. The third-order valence-corrected chi connectivity index (χ3v) is 3.98. The Labute approximate surface area is 143 Å². The van der Waals surface area contributed by atoms with Crippen LogP contribution in [0.5, 0.6) is 0 Å². The van der Waals surface area contributed by atoms with Crippen molar-refractivity contribution in [1.82, 2.24) is 9.55 Å². The molecule has 1 amide bonds. The fourth-order valence-corrected chi connectivity index (χ4v) is 2.84. The van der Waals surface area contributed by atoms with Gasteiger partial charge < -0.3 is 9.88 Å². The Bertz CT molecular complexity index is 810. The summed E-state index contributed by atoms with van der Waals surface area (Å²) in [4.78, 5) is 16.7. The maximum absolute atomic E-state index is 12.4. The van der Waals surface area contributed by atoms with Gasteiger partial charge in [0.05, 0.1) is 0 Å². The SMILES string of the molecule is CCn1cc(Br)cc1C(=O)Nc1ccc(-c2ccccc2)cn1. The first-order valence-electron chi connectivity index (χ1n) is 7.36. The van der Waals surface area contributed by atoms with E-state index in [-0.39, 0.29) is 5.91 Å². The van der Waals surface area contributed by atoms with Gasteiger partial charge in [0.15, 0.2) is 0 Å². The molecule has 0 aliphatic carbocycles. The second-order valence-electron chi connectivity index (χ2n) is 5.08. The monoisotopic (exact) mass is 369 g/mol. The zero-order chi connectivity index (χ0) is 16.2. The molecule has 4 nitrogen and oxygen atoms in total. The Morgan fingerprint density at radius 2 is 1.96 bits per heavy atom. The van der Waals surface area contributed by atoms with E-state index in [9.17, 15) is 4.79 Å². The van der Waals surface area contributed by atoms with E-state index in [2.05, 4.69) is 26.2 Å². The van der Waals surface area contributed by atoms with E-state index in [1.165, 1.54) is 0 Å². The number of anilines is 1. The second-order valence-corrected chi connectivity index (χ2v) is 6.00. The van der Waals surface area contributed by atoms with Gasteiger partial charge in [-0.15, -0.1) is 0 Å². The molecule has 3 aromatic rings. The maximum atomic E-state index is 12.4. The van der Waals surface area contributed by atoms with Crippen molar-refractivity contribution in [2.75, 3.05) is 5.32 Å². The van der Waals surface area contributed by atoms with Gasteiger partial charge in [0, 0.05) is 29.0 Å². The van der Waals surface area contributed by atoms with Gasteiger partial charge in [0.2, 0.25) is 0 Å². The Morgan fingerprint density at radius 1 is 1.17 bits per heavy atom. The van der Waals surface area contributed by atoms with Crippen LogP contribution in [0.1, 0.15) is 17.4 Å². The number of halogens is 1. The summed E-state index contributed by atoms with van der Waals surface area (Å²) in [5.41, 5.74) is 2.72. The van der Waals surface area contributed by atoms with Crippen molar-refractivity contribution < 1.29 is 4.79 Å². The fraction of sp³-hybridized carbons (Fsp3) is 0.111. The smallest absolute Gasteiger partial charge is 0.273 e. The number of hydrogen-bond donors (Lipinski definition) is 1. The highest BCUT2D eigenvalue weighted by molar-refractivity contribution is 9.10. The van der Waals surface area contributed by atoms with E-state index in [0.717, 1.165) is 22.1 Å². The summed E-state index contributed by atoms with van der Waals surface area (Å²) < 4.78 is 2.77. The largest absolute Gasteiger partial charge is 0.343 e. The first-order valence-corrected chi connectivity index (χ1v) is 8.15. The summed E-state index contributed by atoms with van der Waals surface area (Å²) in [6.07, 6.45) is 3.65. The number of pyridine rings is 1. The van der Waals surface area contributed by atoms with E-state index in [1.807, 2.05) is 60.2 Å². The highest BCUT2D eigenvalue weighted by Gasteiger charge is 2.13. The van der Waals surface area contributed by atoms with Crippen LogP contribution in [0.15, 0.2) is 65.4 Å². The summed E-state index contributed by atoms with van der Waals surface area (Å²) in [5, 5.41) is 2.83. The third-order valence-electron chi connectivity index (χ3n) is 3.55. The quantitative estimate of drug-likeness (QED) is 0.731. The van der Waals surface area contributed by atoms with Crippen LogP contribution in [-0.4, -0.2) is 15.5 Å². The van der Waals surface area contributed by atoms with E-state index in [4.69, 9.17) is 0 Å². The van der Waals surface area contributed by atoms with E-state index >= 15 is 0 Å². The van der Waals surface area contributed by atoms with Gasteiger partial charge in [-0.2, -0.15) is 0 Å². The number of carbonyl (C=O) groups excluding carboxylic acids is 1. The van der Waals surface area contributed by atoms with Gasteiger partial charge in [-0.05, 0) is 46.6 Å². The summed E-state index contributed by atoms with van der Waals surface area (Å²) in [6.45, 7) is 2.73. The molecule has 3 rings (SSSR count). The van der Waals surface area contributed by atoms with E-state index in [0.29, 0.717) is 11.5 Å². The fourth-order valence-electron chi connectivity index (χ4n) is 2.38. The molecule has 0 aliphatic heterocycles. The molecule has 0 spiro atoms. The van der Waals surface area contributed by atoms with Gasteiger partial charge in [-0.25, -0.2) is 4.98 Å². The summed E-state index contributed by atoms with van der Waals surface area (Å²) in [7, 11) is 0. The molecule has 5 heteroatoms. The van der Waals surface area contributed by atoms with Crippen LogP contribution in [0.3, 0.4) is 0 Å². The zero-order valence-electron chi connectivity index (χ0n) is 12.7. The van der Waals surface area contributed by atoms with Crippen LogP contribution in [-0.2, 0) is 6.54 Å². The van der Waals surface area contributed by atoms with Crippen molar-refractivity contribution in [2.24, 2.45) is 0 Å². The topological polar surface area (TPSA) is 46.9 Å². The van der Waals surface area contributed by atoms with Gasteiger partial charge in [0.25, 0.3) is 5.91 Å². The van der Waals surface area contributed by atoms with Crippen LogP contribution < -0.4 is 5.32 Å². The van der Waals surface area contributed by atoms with E-state index in [1.54, 1.807) is 12.3 Å². The number of benzene rings is 1. The number of hydrogen-bond acceptors (Lipinski definition) is 2. The van der Waals surface area contributed by atoms with Crippen molar-refractivity contribution in [3.63, 3.8) is 0 Å². The minimum atomic E-state index is -0.169. The molecule has 2 heterocycles. The Balaban J connectivity index is 1.77. The number of aryl methyl sites for hydroxylation is 1. The molecular formula is C18H16BrN3O. The predicted octanol–water partition coefficient (Wildman–Crippen LogP) is 4.58. The van der Waals surface area contributed by atoms with Crippen LogP contribution in [0.4, 0.5) is 5.82 Å². The van der Waals surface area contributed by atoms with Gasteiger partial charge in [-0.1, -0.05) is 30.3 Å². The molecule has 0 radical (unpaired) electrons. The zero-order valence-corrected chi connectivity index (χ0v) is 14.2. The molecule has 0 atom stereocenters. The summed E-state index contributed by atoms with van der Waals surface area (Å²) in [5.74, 6) is 0.368. The average molecular weight is 370 g/mol. The molecule has 0 unspecified atom stereocenters. The molecule has 0 fully saturated rings. The predicted molar refractivity (Wildman–Crippen MR) is 95.4 cm³/mol. The number of amides is 1. The molecule has 0 aliphatic rings. The van der Waals surface area contributed by atoms with Crippen molar-refractivity contribution in [2.45, 2.75) is 13.5 Å². The minimum Gasteiger partial charge on any atom is -0.343 e. The lowest BCUT2D eigenvalue weighted by atomic mass is 10.1. The molecule has 23 heavy (non-hydrogen) atoms. The average Bonchev–Trinajstić information content (AvgIpc) is 2.97. The number of nitrogens with one attached hydrogen (secondary N) is 1. The van der Waals surface area contributed by atoms with Crippen molar-refractivity contribution in [3.05, 3.63) is 71.1 Å².